The molecule has 0 saturated heterocycles. The van der Waals surface area contributed by atoms with Crippen molar-refractivity contribution in [3.63, 3.8) is 0 Å². The lowest BCUT2D eigenvalue weighted by atomic mass is 10.1. The predicted molar refractivity (Wildman–Crippen MR) is 168 cm³/mol. The second kappa shape index (κ2) is 14.7. The number of thiophene rings is 1. The van der Waals surface area contributed by atoms with E-state index in [1.165, 1.54) is 23.1 Å². The van der Waals surface area contributed by atoms with Gasteiger partial charge in [0.15, 0.2) is 13.1 Å². The maximum Gasteiger partial charge on any atom is 0.239 e. The van der Waals surface area contributed by atoms with Crippen LogP contribution in [0.25, 0.3) is 5.57 Å². The molecule has 2 aliphatic rings. The molecule has 0 radical (unpaired) electrons. The van der Waals surface area contributed by atoms with Crippen LogP contribution in [0.1, 0.15) is 36.6 Å². The maximum absolute atomic E-state index is 13.2. The standard InChI is InChI=1S/C33H32N2O4S2/c1-4-7-8-12-19-34(6-3)27-17-15-25(40-27)29-31(36)30(33(38)32(29)37)26-16-18-28(41-26)35(20-22-39-21-5-2)23-24-13-10-9-11-14-24/h1-2,9-11,13-18H,6-8,12,19-23H2,3H3/p+1. The van der Waals surface area contributed by atoms with Crippen molar-refractivity contribution in [1.82, 2.24) is 0 Å². The molecule has 2 heterocycles. The van der Waals surface area contributed by atoms with Crippen LogP contribution < -0.4 is 4.90 Å². The van der Waals surface area contributed by atoms with Crippen molar-refractivity contribution < 1.29 is 24.0 Å². The van der Waals surface area contributed by atoms with Gasteiger partial charge in [0.2, 0.25) is 16.6 Å². The number of anilines is 1. The maximum atomic E-state index is 13.2. The summed E-state index contributed by atoms with van der Waals surface area (Å²) in [6.07, 6.45) is 17.0. The fraction of sp³-hybridized carbons (Fsp3) is 0.303. The first-order chi connectivity index (χ1) is 20.0. The predicted octanol–water partition coefficient (Wildman–Crippen LogP) is 5.62. The van der Waals surface area contributed by atoms with E-state index < -0.39 is 11.6 Å². The summed E-state index contributed by atoms with van der Waals surface area (Å²) in [5.41, 5.74) is 1.25. The minimum absolute atomic E-state index is 0.0566. The van der Waals surface area contributed by atoms with Gasteiger partial charge in [-0.15, -0.1) is 30.1 Å². The van der Waals surface area contributed by atoms with E-state index >= 15 is 0 Å². The van der Waals surface area contributed by atoms with Crippen LogP contribution in [0.2, 0.25) is 0 Å². The Balaban J connectivity index is 1.59. The molecule has 1 aliphatic heterocycles. The Morgan fingerprint density at radius 2 is 1.78 bits per heavy atom. The van der Waals surface area contributed by atoms with Gasteiger partial charge in [0, 0.05) is 40.9 Å². The van der Waals surface area contributed by atoms with Gasteiger partial charge in [-0.25, -0.2) is 4.58 Å². The number of nitrogens with zero attached hydrogens (tertiary/aromatic N) is 2. The van der Waals surface area contributed by atoms with E-state index in [1.54, 1.807) is 12.1 Å². The van der Waals surface area contributed by atoms with Crippen LogP contribution in [0, 0.1) is 24.7 Å². The highest BCUT2D eigenvalue weighted by Gasteiger charge is 2.41. The number of carbonyl (C=O) groups is 2. The highest BCUT2D eigenvalue weighted by atomic mass is 32.2. The minimum Gasteiger partial charge on any atom is -0.506 e. The van der Waals surface area contributed by atoms with E-state index in [1.807, 2.05) is 42.5 Å². The molecule has 4 rings (SSSR count). The average Bonchev–Trinajstić information content (AvgIpc) is 3.70. The molecule has 0 atom stereocenters. The fourth-order valence-electron chi connectivity index (χ4n) is 4.62. The first kappa shape index (κ1) is 30.1. The van der Waals surface area contributed by atoms with Gasteiger partial charge >= 0.3 is 0 Å². The summed E-state index contributed by atoms with van der Waals surface area (Å²) in [5, 5.41) is 13.1. The number of hydrogen-bond donors (Lipinski definition) is 1. The van der Waals surface area contributed by atoms with Crippen LogP contribution in [0.15, 0.2) is 70.9 Å². The average molecular weight is 586 g/mol. The molecule has 1 aromatic carbocycles. The molecule has 41 heavy (non-hydrogen) atoms. The number of Topliss-reactive ketones (excluding diaryl/α,β-unsaturated/α-hetero) is 2. The summed E-state index contributed by atoms with van der Waals surface area (Å²) >= 11 is 2.77. The van der Waals surface area contributed by atoms with Crippen molar-refractivity contribution >= 4 is 50.3 Å². The summed E-state index contributed by atoms with van der Waals surface area (Å²) in [5.74, 6) is 3.52. The molecule has 2 aromatic rings. The van der Waals surface area contributed by atoms with Crippen molar-refractivity contribution in [2.45, 2.75) is 32.7 Å². The Bertz CT molecular complexity index is 1500. The van der Waals surface area contributed by atoms with Crippen LogP contribution in [0.5, 0.6) is 0 Å². The van der Waals surface area contributed by atoms with Crippen LogP contribution >= 0.6 is 23.1 Å². The number of aliphatic hydroxyl groups excluding tert-OH is 1. The molecule has 0 amide bonds. The number of hydrogen-bond acceptors (Lipinski definition) is 7. The molecule has 0 unspecified atom stereocenters. The third-order valence-electron chi connectivity index (χ3n) is 6.72. The smallest absolute Gasteiger partial charge is 0.239 e. The molecular weight excluding hydrogens is 553 g/mol. The van der Waals surface area contributed by atoms with Gasteiger partial charge < -0.3 is 14.7 Å². The zero-order chi connectivity index (χ0) is 29.2. The summed E-state index contributed by atoms with van der Waals surface area (Å²) in [7, 11) is 0. The van der Waals surface area contributed by atoms with E-state index in [9.17, 15) is 14.7 Å². The number of aliphatic hydroxyl groups is 1. The number of unbranched alkanes of at least 4 members (excludes halogenated alkanes) is 2. The summed E-state index contributed by atoms with van der Waals surface area (Å²) < 4.78 is 7.65. The summed E-state index contributed by atoms with van der Waals surface area (Å²) in [6, 6.07) is 13.8. The van der Waals surface area contributed by atoms with Crippen LogP contribution in [0.4, 0.5) is 5.00 Å². The molecule has 0 spiro atoms. The van der Waals surface area contributed by atoms with Gasteiger partial charge in [-0.2, -0.15) is 0 Å². The second-order valence-corrected chi connectivity index (χ2v) is 11.6. The number of allylic oxidation sites excluding steroid dienone is 3. The zero-order valence-electron chi connectivity index (χ0n) is 23.1. The van der Waals surface area contributed by atoms with Gasteiger partial charge in [0.05, 0.1) is 16.1 Å². The van der Waals surface area contributed by atoms with Crippen LogP contribution in [-0.2, 0) is 20.9 Å². The van der Waals surface area contributed by atoms with Crippen molar-refractivity contribution in [3.8, 4) is 24.7 Å². The lowest BCUT2D eigenvalue weighted by molar-refractivity contribution is -0.543. The SMILES string of the molecule is C#CCCCCN(CC)c1ccc(C2=C(O)/C(=C3\C=CC(=[N+](CCOCC#C)Cc4ccccc4)S3)C(=O)C2=O)s1. The third-order valence-corrected chi connectivity index (χ3v) is 9.05. The molecule has 8 heteroatoms. The van der Waals surface area contributed by atoms with Gasteiger partial charge in [0.25, 0.3) is 0 Å². The van der Waals surface area contributed by atoms with Gasteiger partial charge in [-0.05, 0) is 49.7 Å². The van der Waals surface area contributed by atoms with E-state index in [0.717, 1.165) is 48.0 Å². The summed E-state index contributed by atoms with van der Waals surface area (Å²) in [4.78, 5) is 29.6. The molecule has 1 aliphatic carbocycles. The normalized spacial score (nSPS) is 17.7. The Hall–Kier alpha value is -3.82. The van der Waals surface area contributed by atoms with Crippen molar-refractivity contribution in [3.05, 3.63) is 81.3 Å². The van der Waals surface area contributed by atoms with Crippen molar-refractivity contribution in [2.24, 2.45) is 0 Å². The fourth-order valence-corrected chi connectivity index (χ4v) is 6.83. The Labute approximate surface area is 250 Å². The molecule has 1 N–H and O–H groups in total. The summed E-state index contributed by atoms with van der Waals surface area (Å²) in [6.45, 7) is 5.61. The van der Waals surface area contributed by atoms with Gasteiger partial charge in [-0.3, -0.25) is 9.59 Å². The van der Waals surface area contributed by atoms with E-state index in [4.69, 9.17) is 17.6 Å². The zero-order valence-corrected chi connectivity index (χ0v) is 24.7. The Morgan fingerprint density at radius 3 is 2.51 bits per heavy atom. The monoisotopic (exact) mass is 585 g/mol. The number of ketones is 2. The van der Waals surface area contributed by atoms with Crippen LogP contribution in [-0.4, -0.2) is 59.1 Å². The Morgan fingerprint density at radius 1 is 1.00 bits per heavy atom. The molecular formula is C33H33N2O4S2+. The molecule has 210 valence electrons. The highest BCUT2D eigenvalue weighted by molar-refractivity contribution is 8.18. The van der Waals surface area contributed by atoms with Gasteiger partial charge in [-0.1, -0.05) is 36.3 Å². The third kappa shape index (κ3) is 7.28. The van der Waals surface area contributed by atoms with Crippen molar-refractivity contribution in [2.75, 3.05) is 37.7 Å². The molecule has 0 saturated carbocycles. The second-order valence-electron chi connectivity index (χ2n) is 9.44. The number of carbonyl (C=O) groups excluding carboxylic acids is 2. The number of ether oxygens (including phenoxy) is 1. The molecule has 0 bridgehead atoms. The quantitative estimate of drug-likeness (QED) is 0.108. The first-order valence-electron chi connectivity index (χ1n) is 13.6. The van der Waals surface area contributed by atoms with Crippen LogP contribution in [0.3, 0.4) is 0 Å². The topological polar surface area (TPSA) is 69.8 Å². The van der Waals surface area contributed by atoms with Crippen molar-refractivity contribution in [1.29, 1.82) is 0 Å². The van der Waals surface area contributed by atoms with E-state index in [-0.39, 0.29) is 23.5 Å². The number of terminal acetylenes is 2. The lowest BCUT2D eigenvalue weighted by Crippen LogP contribution is -2.22. The molecule has 1 aromatic heterocycles. The van der Waals surface area contributed by atoms with Gasteiger partial charge in [0.1, 0.15) is 19.0 Å². The molecule has 0 fully saturated rings. The van der Waals surface area contributed by atoms with E-state index in [2.05, 4.69) is 28.2 Å². The lowest BCUT2D eigenvalue weighted by Gasteiger charge is -2.20. The number of rotatable bonds is 13. The Kier molecular flexibility index (Phi) is 10.8. The number of benzene rings is 1. The highest BCUT2D eigenvalue weighted by Crippen LogP contribution is 2.42. The first-order valence-corrected chi connectivity index (χ1v) is 15.2. The largest absolute Gasteiger partial charge is 0.506 e. The van der Waals surface area contributed by atoms with E-state index in [0.29, 0.717) is 29.5 Å². The molecule has 6 nitrogen and oxygen atoms in total. The minimum atomic E-state index is -0.686. The number of thioether (sulfide) groups is 1.